The average Bonchev–Trinajstić information content (AvgIpc) is 2.82. The highest BCUT2D eigenvalue weighted by Gasteiger charge is 2.14. The minimum absolute atomic E-state index is 0.0767. The van der Waals surface area contributed by atoms with Gasteiger partial charge in [0, 0.05) is 19.0 Å². The van der Waals surface area contributed by atoms with Crippen LogP contribution in [-0.2, 0) is 6.42 Å². The molecule has 0 saturated carbocycles. The van der Waals surface area contributed by atoms with Crippen LogP contribution in [0.15, 0.2) is 29.0 Å². The van der Waals surface area contributed by atoms with Gasteiger partial charge < -0.3 is 20.1 Å². The van der Waals surface area contributed by atoms with Crippen molar-refractivity contribution in [3.05, 3.63) is 36.0 Å². The molecule has 6 heteroatoms. The zero-order valence-electron chi connectivity index (χ0n) is 10.00. The second kappa shape index (κ2) is 5.50. The quantitative estimate of drug-likeness (QED) is 0.741. The fourth-order valence-corrected chi connectivity index (χ4v) is 1.79. The average molecular weight is 249 g/mol. The first kappa shape index (κ1) is 12.4. The molecule has 0 aliphatic carbocycles. The standard InChI is InChI=1S/C12H15N3O3/c1-8(12-9(16)3-2-4-10(12)17)13-6-5-11-14-7-15-18-11/h2-4,7-8,13,16-17H,5-6H2,1H3. The van der Waals surface area contributed by atoms with Crippen molar-refractivity contribution in [2.45, 2.75) is 19.4 Å². The lowest BCUT2D eigenvalue weighted by atomic mass is 10.1. The zero-order valence-corrected chi connectivity index (χ0v) is 10.00. The molecule has 3 N–H and O–H groups in total. The largest absolute Gasteiger partial charge is 0.507 e. The molecule has 2 aromatic rings. The van der Waals surface area contributed by atoms with E-state index in [-0.39, 0.29) is 17.5 Å². The first-order valence-corrected chi connectivity index (χ1v) is 5.68. The number of nitrogens with zero attached hydrogens (tertiary/aromatic N) is 2. The molecule has 1 heterocycles. The predicted molar refractivity (Wildman–Crippen MR) is 64.2 cm³/mol. The Bertz CT molecular complexity index is 479. The molecule has 0 amide bonds. The van der Waals surface area contributed by atoms with Crippen molar-refractivity contribution >= 4 is 0 Å². The normalized spacial score (nSPS) is 12.5. The first-order valence-electron chi connectivity index (χ1n) is 5.68. The summed E-state index contributed by atoms with van der Waals surface area (Å²) in [7, 11) is 0. The van der Waals surface area contributed by atoms with E-state index in [1.807, 2.05) is 6.92 Å². The van der Waals surface area contributed by atoms with E-state index in [0.717, 1.165) is 0 Å². The van der Waals surface area contributed by atoms with Crippen LogP contribution < -0.4 is 5.32 Å². The fourth-order valence-electron chi connectivity index (χ4n) is 1.79. The molecule has 0 spiro atoms. The van der Waals surface area contributed by atoms with E-state index in [1.165, 1.54) is 6.33 Å². The number of aromatic hydroxyl groups is 2. The van der Waals surface area contributed by atoms with Crippen LogP contribution in [0.4, 0.5) is 0 Å². The number of phenolic OH excluding ortho intramolecular Hbond substituents is 2. The molecule has 0 fully saturated rings. The maximum Gasteiger partial charge on any atom is 0.227 e. The third kappa shape index (κ3) is 2.78. The van der Waals surface area contributed by atoms with Crippen LogP contribution in [0.5, 0.6) is 11.5 Å². The second-order valence-electron chi connectivity index (χ2n) is 3.97. The molecule has 0 aliphatic heterocycles. The number of benzene rings is 1. The summed E-state index contributed by atoms with van der Waals surface area (Å²) in [6, 6.07) is 4.52. The van der Waals surface area contributed by atoms with Gasteiger partial charge in [-0.2, -0.15) is 4.98 Å². The Kier molecular flexibility index (Phi) is 3.78. The van der Waals surface area contributed by atoms with Gasteiger partial charge in [0.05, 0.1) is 5.56 Å². The van der Waals surface area contributed by atoms with Gasteiger partial charge in [0.25, 0.3) is 0 Å². The molecule has 0 bridgehead atoms. The lowest BCUT2D eigenvalue weighted by molar-refractivity contribution is 0.370. The van der Waals surface area contributed by atoms with Crippen LogP contribution in [0, 0.1) is 0 Å². The molecule has 1 aromatic carbocycles. The molecule has 1 atom stereocenters. The number of hydrogen-bond donors (Lipinski definition) is 3. The number of phenols is 2. The van der Waals surface area contributed by atoms with Crippen molar-refractivity contribution in [3.8, 4) is 11.5 Å². The first-order chi connectivity index (χ1) is 8.68. The van der Waals surface area contributed by atoms with Gasteiger partial charge in [0.15, 0.2) is 6.33 Å². The SMILES string of the molecule is CC(NCCc1ncno1)c1c(O)cccc1O. The molecule has 1 unspecified atom stereocenters. The number of aromatic nitrogens is 2. The Hall–Kier alpha value is -2.08. The van der Waals surface area contributed by atoms with E-state index >= 15 is 0 Å². The van der Waals surface area contributed by atoms with E-state index < -0.39 is 0 Å². The number of hydrogen-bond acceptors (Lipinski definition) is 6. The van der Waals surface area contributed by atoms with Crippen molar-refractivity contribution in [1.29, 1.82) is 0 Å². The van der Waals surface area contributed by atoms with Crippen LogP contribution >= 0.6 is 0 Å². The maximum absolute atomic E-state index is 9.70. The van der Waals surface area contributed by atoms with Crippen LogP contribution in [0.1, 0.15) is 24.4 Å². The Morgan fingerprint density at radius 3 is 2.67 bits per heavy atom. The molecule has 6 nitrogen and oxygen atoms in total. The van der Waals surface area contributed by atoms with E-state index in [1.54, 1.807) is 18.2 Å². The summed E-state index contributed by atoms with van der Waals surface area (Å²) in [5.74, 6) is 0.705. The van der Waals surface area contributed by atoms with Gasteiger partial charge in [0.2, 0.25) is 5.89 Å². The van der Waals surface area contributed by atoms with E-state index in [9.17, 15) is 10.2 Å². The fraction of sp³-hybridized carbons (Fsp3) is 0.333. The van der Waals surface area contributed by atoms with Crippen molar-refractivity contribution in [2.24, 2.45) is 0 Å². The Morgan fingerprint density at radius 1 is 1.33 bits per heavy atom. The van der Waals surface area contributed by atoms with Gasteiger partial charge in [-0.15, -0.1) is 0 Å². The van der Waals surface area contributed by atoms with Crippen molar-refractivity contribution in [3.63, 3.8) is 0 Å². The lowest BCUT2D eigenvalue weighted by Crippen LogP contribution is -2.21. The minimum atomic E-state index is -0.172. The molecule has 18 heavy (non-hydrogen) atoms. The van der Waals surface area contributed by atoms with E-state index in [0.29, 0.717) is 24.4 Å². The van der Waals surface area contributed by atoms with Crippen LogP contribution in [0.25, 0.3) is 0 Å². The van der Waals surface area contributed by atoms with Crippen LogP contribution in [0.2, 0.25) is 0 Å². The summed E-state index contributed by atoms with van der Waals surface area (Å²) in [6.45, 7) is 2.47. The van der Waals surface area contributed by atoms with Gasteiger partial charge in [-0.1, -0.05) is 11.2 Å². The summed E-state index contributed by atoms with van der Waals surface area (Å²) in [5, 5.41) is 26.1. The van der Waals surface area contributed by atoms with Crippen molar-refractivity contribution < 1.29 is 14.7 Å². The topological polar surface area (TPSA) is 91.4 Å². The summed E-state index contributed by atoms with van der Waals surface area (Å²) < 4.78 is 4.87. The molecule has 0 radical (unpaired) electrons. The lowest BCUT2D eigenvalue weighted by Gasteiger charge is -2.16. The predicted octanol–water partition coefficient (Wildman–Crippen LogP) is 1.37. The van der Waals surface area contributed by atoms with Gasteiger partial charge >= 0.3 is 0 Å². The summed E-state index contributed by atoms with van der Waals surface area (Å²) >= 11 is 0. The molecular weight excluding hydrogens is 234 g/mol. The third-order valence-electron chi connectivity index (χ3n) is 2.69. The molecule has 2 rings (SSSR count). The highest BCUT2D eigenvalue weighted by molar-refractivity contribution is 5.44. The van der Waals surface area contributed by atoms with Crippen LogP contribution in [-0.4, -0.2) is 26.9 Å². The number of nitrogens with one attached hydrogen (secondary N) is 1. The van der Waals surface area contributed by atoms with Gasteiger partial charge in [-0.3, -0.25) is 0 Å². The zero-order chi connectivity index (χ0) is 13.0. The molecular formula is C12H15N3O3. The Morgan fingerprint density at radius 2 is 2.06 bits per heavy atom. The smallest absolute Gasteiger partial charge is 0.227 e. The number of rotatable bonds is 5. The monoisotopic (exact) mass is 249 g/mol. The highest BCUT2D eigenvalue weighted by atomic mass is 16.5. The second-order valence-corrected chi connectivity index (χ2v) is 3.97. The van der Waals surface area contributed by atoms with E-state index in [4.69, 9.17) is 4.52 Å². The molecule has 96 valence electrons. The van der Waals surface area contributed by atoms with Crippen molar-refractivity contribution in [2.75, 3.05) is 6.54 Å². The summed E-state index contributed by atoms with van der Waals surface area (Å²) in [6.07, 6.45) is 1.95. The van der Waals surface area contributed by atoms with Gasteiger partial charge in [0.1, 0.15) is 11.5 Å². The molecule has 1 aromatic heterocycles. The Labute approximate surface area is 104 Å². The van der Waals surface area contributed by atoms with E-state index in [2.05, 4.69) is 15.5 Å². The third-order valence-corrected chi connectivity index (χ3v) is 2.69. The van der Waals surface area contributed by atoms with Crippen molar-refractivity contribution in [1.82, 2.24) is 15.5 Å². The van der Waals surface area contributed by atoms with Gasteiger partial charge in [-0.05, 0) is 19.1 Å². The Balaban J connectivity index is 1.93. The minimum Gasteiger partial charge on any atom is -0.507 e. The van der Waals surface area contributed by atoms with Gasteiger partial charge in [-0.25, -0.2) is 0 Å². The highest BCUT2D eigenvalue weighted by Crippen LogP contribution is 2.31. The molecule has 0 aliphatic rings. The summed E-state index contributed by atoms with van der Waals surface area (Å²) in [4.78, 5) is 3.90. The molecule has 0 saturated heterocycles. The van der Waals surface area contributed by atoms with Crippen LogP contribution in [0.3, 0.4) is 0 Å². The maximum atomic E-state index is 9.70. The summed E-state index contributed by atoms with van der Waals surface area (Å²) in [5.41, 5.74) is 0.489.